The number of aryl methyl sites for hydroxylation is 1. The topological polar surface area (TPSA) is 79.2 Å². The van der Waals surface area contributed by atoms with E-state index in [9.17, 15) is 9.59 Å². The standard InChI is InChI=1S/C9H15N3O3/c1-3-4-15-6-12-8(13)7(10)5-11(2)9(12)14/h5H,3-4,6,10H2,1-2H3. The van der Waals surface area contributed by atoms with Crippen LogP contribution in [0.3, 0.4) is 0 Å². The summed E-state index contributed by atoms with van der Waals surface area (Å²) in [4.78, 5) is 23.0. The smallest absolute Gasteiger partial charge is 0.332 e. The summed E-state index contributed by atoms with van der Waals surface area (Å²) in [5.74, 6) is 0. The molecule has 6 nitrogen and oxygen atoms in total. The second-order valence-corrected chi connectivity index (χ2v) is 3.25. The Morgan fingerprint density at radius 1 is 1.47 bits per heavy atom. The third-order valence-electron chi connectivity index (χ3n) is 1.93. The number of nitrogens with zero attached hydrogens (tertiary/aromatic N) is 2. The minimum absolute atomic E-state index is 0.0391. The van der Waals surface area contributed by atoms with Gasteiger partial charge in [-0.2, -0.15) is 0 Å². The van der Waals surface area contributed by atoms with Crippen LogP contribution in [0, 0.1) is 0 Å². The number of anilines is 1. The SMILES string of the molecule is CCCOCn1c(=O)c(N)cn(C)c1=O. The number of rotatable bonds is 4. The first-order valence-corrected chi connectivity index (χ1v) is 4.71. The third-order valence-corrected chi connectivity index (χ3v) is 1.93. The molecule has 0 aliphatic carbocycles. The van der Waals surface area contributed by atoms with Crippen LogP contribution < -0.4 is 17.0 Å². The number of hydrogen-bond acceptors (Lipinski definition) is 4. The van der Waals surface area contributed by atoms with Gasteiger partial charge in [-0.1, -0.05) is 6.92 Å². The van der Waals surface area contributed by atoms with E-state index in [0.29, 0.717) is 6.61 Å². The Labute approximate surface area is 86.9 Å². The van der Waals surface area contributed by atoms with Crippen LogP contribution in [0.4, 0.5) is 5.69 Å². The molecule has 1 heterocycles. The molecule has 0 aliphatic heterocycles. The van der Waals surface area contributed by atoms with Crippen LogP contribution in [-0.2, 0) is 18.5 Å². The Bertz CT molecular complexity index is 413. The van der Waals surface area contributed by atoms with Gasteiger partial charge in [0.05, 0.1) is 0 Å². The van der Waals surface area contributed by atoms with E-state index < -0.39 is 11.2 Å². The molecule has 0 fully saturated rings. The highest BCUT2D eigenvalue weighted by atomic mass is 16.5. The largest absolute Gasteiger partial charge is 0.393 e. The first-order valence-electron chi connectivity index (χ1n) is 4.71. The molecule has 0 amide bonds. The van der Waals surface area contributed by atoms with Gasteiger partial charge < -0.3 is 15.0 Å². The number of aromatic nitrogens is 2. The van der Waals surface area contributed by atoms with E-state index in [1.54, 1.807) is 0 Å². The van der Waals surface area contributed by atoms with Crippen LogP contribution in [0.1, 0.15) is 13.3 Å². The highest BCUT2D eigenvalue weighted by Crippen LogP contribution is 1.88. The average Bonchev–Trinajstić information content (AvgIpc) is 2.20. The molecule has 15 heavy (non-hydrogen) atoms. The Hall–Kier alpha value is -1.56. The van der Waals surface area contributed by atoms with Crippen LogP contribution in [-0.4, -0.2) is 15.7 Å². The molecule has 1 rings (SSSR count). The Balaban J connectivity index is 3.05. The molecule has 1 aromatic heterocycles. The van der Waals surface area contributed by atoms with E-state index in [0.717, 1.165) is 11.0 Å². The van der Waals surface area contributed by atoms with Crippen molar-refractivity contribution in [2.45, 2.75) is 20.1 Å². The van der Waals surface area contributed by atoms with E-state index in [1.165, 1.54) is 17.8 Å². The van der Waals surface area contributed by atoms with Gasteiger partial charge in [0.1, 0.15) is 12.4 Å². The van der Waals surface area contributed by atoms with Crippen molar-refractivity contribution in [1.82, 2.24) is 9.13 Å². The van der Waals surface area contributed by atoms with E-state index in [-0.39, 0.29) is 12.4 Å². The minimum Gasteiger partial charge on any atom is -0.393 e. The second kappa shape index (κ2) is 4.79. The molecule has 6 heteroatoms. The first kappa shape index (κ1) is 11.5. The van der Waals surface area contributed by atoms with Crippen LogP contribution in [0.25, 0.3) is 0 Å². The van der Waals surface area contributed by atoms with E-state index in [4.69, 9.17) is 10.5 Å². The summed E-state index contributed by atoms with van der Waals surface area (Å²) in [5, 5.41) is 0. The molecular formula is C9H15N3O3. The molecule has 0 aliphatic rings. The van der Waals surface area contributed by atoms with Crippen molar-refractivity contribution in [3.05, 3.63) is 27.0 Å². The molecule has 1 aromatic rings. The maximum absolute atomic E-state index is 11.5. The van der Waals surface area contributed by atoms with Gasteiger partial charge in [-0.15, -0.1) is 0 Å². The first-order chi connectivity index (χ1) is 7.07. The van der Waals surface area contributed by atoms with E-state index in [2.05, 4.69) is 0 Å². The molecule has 0 atom stereocenters. The van der Waals surface area contributed by atoms with Crippen LogP contribution in [0.15, 0.2) is 15.8 Å². The summed E-state index contributed by atoms with van der Waals surface area (Å²) in [7, 11) is 1.54. The molecule has 0 spiro atoms. The predicted molar refractivity (Wildman–Crippen MR) is 56.6 cm³/mol. The van der Waals surface area contributed by atoms with Gasteiger partial charge >= 0.3 is 5.69 Å². The third kappa shape index (κ3) is 2.47. The quantitative estimate of drug-likeness (QED) is 0.685. The molecular weight excluding hydrogens is 198 g/mol. The van der Waals surface area contributed by atoms with Crippen molar-refractivity contribution in [3.63, 3.8) is 0 Å². The molecule has 0 bridgehead atoms. The van der Waals surface area contributed by atoms with Crippen molar-refractivity contribution >= 4 is 5.69 Å². The maximum Gasteiger partial charge on any atom is 0.332 e. The predicted octanol–water partition coefficient (Wildman–Crippen LogP) is -0.487. The summed E-state index contributed by atoms with van der Waals surface area (Å²) in [6.45, 7) is 2.40. The lowest BCUT2D eigenvalue weighted by molar-refractivity contribution is 0.0715. The fraction of sp³-hybridized carbons (Fsp3) is 0.556. The molecule has 2 N–H and O–H groups in total. The molecule has 0 unspecified atom stereocenters. The summed E-state index contributed by atoms with van der Waals surface area (Å²) < 4.78 is 7.37. The number of nitrogen functional groups attached to an aromatic ring is 1. The van der Waals surface area contributed by atoms with Gasteiger partial charge in [-0.25, -0.2) is 9.36 Å². The highest BCUT2D eigenvalue weighted by Gasteiger charge is 2.06. The summed E-state index contributed by atoms with van der Waals surface area (Å²) in [6.07, 6.45) is 2.14. The Morgan fingerprint density at radius 3 is 2.73 bits per heavy atom. The summed E-state index contributed by atoms with van der Waals surface area (Å²) >= 11 is 0. The Kier molecular flexibility index (Phi) is 3.68. The minimum atomic E-state index is -0.505. The lowest BCUT2D eigenvalue weighted by Crippen LogP contribution is -2.40. The zero-order valence-corrected chi connectivity index (χ0v) is 8.90. The van der Waals surface area contributed by atoms with Crippen molar-refractivity contribution in [1.29, 1.82) is 0 Å². The van der Waals surface area contributed by atoms with Gasteiger partial charge in [0.15, 0.2) is 0 Å². The Morgan fingerprint density at radius 2 is 2.13 bits per heavy atom. The highest BCUT2D eigenvalue weighted by molar-refractivity contribution is 5.30. The normalized spacial score (nSPS) is 10.5. The number of hydrogen-bond donors (Lipinski definition) is 1. The average molecular weight is 213 g/mol. The van der Waals surface area contributed by atoms with Gasteiger partial charge in [-0.3, -0.25) is 4.79 Å². The molecule has 0 saturated carbocycles. The van der Waals surface area contributed by atoms with Crippen molar-refractivity contribution < 1.29 is 4.74 Å². The lowest BCUT2D eigenvalue weighted by Gasteiger charge is -2.08. The molecule has 0 radical (unpaired) electrons. The summed E-state index contributed by atoms with van der Waals surface area (Å²) in [5.41, 5.74) is 4.55. The number of nitrogens with two attached hydrogens (primary N) is 1. The van der Waals surface area contributed by atoms with Crippen LogP contribution in [0.5, 0.6) is 0 Å². The molecule has 0 aromatic carbocycles. The van der Waals surface area contributed by atoms with E-state index in [1.807, 2.05) is 6.92 Å². The second-order valence-electron chi connectivity index (χ2n) is 3.25. The zero-order valence-electron chi connectivity index (χ0n) is 8.90. The van der Waals surface area contributed by atoms with Crippen LogP contribution >= 0.6 is 0 Å². The molecule has 84 valence electrons. The summed E-state index contributed by atoms with van der Waals surface area (Å²) in [6, 6.07) is 0. The van der Waals surface area contributed by atoms with Crippen molar-refractivity contribution in [2.75, 3.05) is 12.3 Å². The van der Waals surface area contributed by atoms with Crippen molar-refractivity contribution in [2.24, 2.45) is 7.05 Å². The van der Waals surface area contributed by atoms with Gasteiger partial charge in [0.2, 0.25) is 0 Å². The van der Waals surface area contributed by atoms with Gasteiger partial charge in [0.25, 0.3) is 5.56 Å². The molecule has 0 saturated heterocycles. The fourth-order valence-electron chi connectivity index (χ4n) is 1.17. The van der Waals surface area contributed by atoms with Crippen molar-refractivity contribution in [3.8, 4) is 0 Å². The zero-order chi connectivity index (χ0) is 11.4. The fourth-order valence-corrected chi connectivity index (χ4v) is 1.17. The number of ether oxygens (including phenoxy) is 1. The van der Waals surface area contributed by atoms with Gasteiger partial charge in [-0.05, 0) is 6.42 Å². The lowest BCUT2D eigenvalue weighted by atomic mass is 10.5. The maximum atomic E-state index is 11.5. The monoisotopic (exact) mass is 213 g/mol. The van der Waals surface area contributed by atoms with Crippen LogP contribution in [0.2, 0.25) is 0 Å². The van der Waals surface area contributed by atoms with E-state index >= 15 is 0 Å². The van der Waals surface area contributed by atoms with Gasteiger partial charge in [0, 0.05) is 19.9 Å².